The van der Waals surface area contributed by atoms with Crippen LogP contribution in [-0.2, 0) is 6.54 Å². The van der Waals surface area contributed by atoms with Gasteiger partial charge in [-0.3, -0.25) is 4.79 Å². The summed E-state index contributed by atoms with van der Waals surface area (Å²) in [6.45, 7) is 5.31. The third-order valence-electron chi connectivity index (χ3n) is 3.55. The van der Waals surface area contributed by atoms with Crippen LogP contribution in [0.2, 0.25) is 5.02 Å². The molecule has 0 aliphatic rings. The van der Waals surface area contributed by atoms with E-state index in [-0.39, 0.29) is 10.6 Å². The molecular weight excluding hydrogens is 286 g/mol. The fourth-order valence-corrected chi connectivity index (χ4v) is 2.40. The second-order valence-electron chi connectivity index (χ2n) is 5.02. The van der Waals surface area contributed by atoms with Gasteiger partial charge in [-0.2, -0.15) is 5.10 Å². The number of anilines is 1. The van der Waals surface area contributed by atoms with Crippen LogP contribution >= 0.6 is 11.6 Å². The molecular formula is C16H20ClN3O. The third-order valence-corrected chi connectivity index (χ3v) is 3.91. The summed E-state index contributed by atoms with van der Waals surface area (Å²) in [5.41, 5.74) is 1.66. The molecule has 0 saturated heterocycles. The molecule has 1 atom stereocenters. The van der Waals surface area contributed by atoms with Crippen molar-refractivity contribution in [3.05, 3.63) is 57.5 Å². The predicted octanol–water partition coefficient (Wildman–Crippen LogP) is 3.52. The van der Waals surface area contributed by atoms with Gasteiger partial charge in [0.15, 0.2) is 0 Å². The number of hydrogen-bond acceptors (Lipinski definition) is 3. The molecule has 1 heterocycles. The molecule has 0 saturated carbocycles. The van der Waals surface area contributed by atoms with E-state index in [2.05, 4.69) is 29.5 Å². The second-order valence-corrected chi connectivity index (χ2v) is 5.40. The van der Waals surface area contributed by atoms with E-state index in [4.69, 9.17) is 11.6 Å². The van der Waals surface area contributed by atoms with Crippen molar-refractivity contribution in [2.24, 2.45) is 0 Å². The van der Waals surface area contributed by atoms with Crippen molar-refractivity contribution >= 4 is 17.3 Å². The van der Waals surface area contributed by atoms with Gasteiger partial charge in [-0.25, -0.2) is 4.68 Å². The molecule has 0 aliphatic heterocycles. The zero-order valence-electron chi connectivity index (χ0n) is 12.3. The van der Waals surface area contributed by atoms with Crippen LogP contribution in [0, 0.1) is 0 Å². The molecule has 1 unspecified atom stereocenters. The van der Waals surface area contributed by atoms with E-state index in [9.17, 15) is 4.79 Å². The Bertz CT molecular complexity index is 640. The number of hydrogen-bond donors (Lipinski definition) is 1. The van der Waals surface area contributed by atoms with Gasteiger partial charge in [0.25, 0.3) is 5.56 Å². The fourth-order valence-electron chi connectivity index (χ4n) is 2.19. The Morgan fingerprint density at radius 3 is 2.71 bits per heavy atom. The topological polar surface area (TPSA) is 46.9 Å². The monoisotopic (exact) mass is 305 g/mol. The molecule has 1 N–H and O–H groups in total. The van der Waals surface area contributed by atoms with Crippen LogP contribution in [0.5, 0.6) is 0 Å². The average Bonchev–Trinajstić information content (AvgIpc) is 2.52. The molecule has 2 aromatic rings. The first-order chi connectivity index (χ1) is 10.1. The number of nitrogens with zero attached hydrogens (tertiary/aromatic N) is 2. The molecule has 0 bridgehead atoms. The lowest BCUT2D eigenvalue weighted by Gasteiger charge is -2.14. The number of rotatable bonds is 6. The first-order valence-electron chi connectivity index (χ1n) is 7.18. The lowest BCUT2D eigenvalue weighted by Crippen LogP contribution is -2.23. The number of halogens is 1. The summed E-state index contributed by atoms with van der Waals surface area (Å²) in [6, 6.07) is 10.4. The van der Waals surface area contributed by atoms with Crippen LogP contribution in [0.3, 0.4) is 0 Å². The van der Waals surface area contributed by atoms with Crippen molar-refractivity contribution in [1.82, 2.24) is 9.78 Å². The first-order valence-corrected chi connectivity index (χ1v) is 7.55. The van der Waals surface area contributed by atoms with Gasteiger partial charge in [0, 0.05) is 13.1 Å². The third kappa shape index (κ3) is 3.85. The Hall–Kier alpha value is -1.81. The van der Waals surface area contributed by atoms with Crippen LogP contribution in [0.4, 0.5) is 5.69 Å². The Morgan fingerprint density at radius 2 is 2.05 bits per heavy atom. The Kier molecular flexibility index (Phi) is 5.39. The highest BCUT2D eigenvalue weighted by atomic mass is 35.5. The zero-order valence-corrected chi connectivity index (χ0v) is 13.1. The van der Waals surface area contributed by atoms with Crippen molar-refractivity contribution in [2.75, 3.05) is 11.9 Å². The van der Waals surface area contributed by atoms with Crippen LogP contribution < -0.4 is 10.9 Å². The van der Waals surface area contributed by atoms with Crippen molar-refractivity contribution in [2.45, 2.75) is 32.7 Å². The highest BCUT2D eigenvalue weighted by Gasteiger charge is 2.09. The van der Waals surface area contributed by atoms with Crippen LogP contribution in [0.25, 0.3) is 0 Å². The molecule has 0 aliphatic carbocycles. The summed E-state index contributed by atoms with van der Waals surface area (Å²) in [5.74, 6) is 0.446. The number of nitrogens with one attached hydrogen (secondary N) is 1. The lowest BCUT2D eigenvalue weighted by atomic mass is 9.98. The standard InChI is InChI=1S/C16H20ClN3O/c1-3-20-16(21)15(17)14(11-19-20)18-10-9-12(2)13-7-5-4-6-8-13/h4-8,11-12,18H,3,9-10H2,1-2H3. The van der Waals surface area contributed by atoms with E-state index in [0.717, 1.165) is 13.0 Å². The normalized spacial score (nSPS) is 12.1. The van der Waals surface area contributed by atoms with E-state index in [1.807, 2.05) is 25.1 Å². The van der Waals surface area contributed by atoms with Gasteiger partial charge in [0.1, 0.15) is 5.02 Å². The lowest BCUT2D eigenvalue weighted by molar-refractivity contribution is 0.615. The van der Waals surface area contributed by atoms with Crippen molar-refractivity contribution in [3.8, 4) is 0 Å². The van der Waals surface area contributed by atoms with Crippen LogP contribution in [0.1, 0.15) is 31.7 Å². The minimum absolute atomic E-state index is 0.208. The maximum atomic E-state index is 11.9. The van der Waals surface area contributed by atoms with Gasteiger partial charge in [0.05, 0.1) is 11.9 Å². The highest BCUT2D eigenvalue weighted by Crippen LogP contribution is 2.20. The van der Waals surface area contributed by atoms with Gasteiger partial charge in [-0.1, -0.05) is 48.9 Å². The number of aromatic nitrogens is 2. The first kappa shape index (κ1) is 15.6. The fraction of sp³-hybridized carbons (Fsp3) is 0.375. The van der Waals surface area contributed by atoms with Gasteiger partial charge in [-0.05, 0) is 24.8 Å². The summed E-state index contributed by atoms with van der Waals surface area (Å²) in [5, 5.41) is 7.48. The SMILES string of the molecule is CCn1ncc(NCCC(C)c2ccccc2)c(Cl)c1=O. The Morgan fingerprint density at radius 1 is 1.33 bits per heavy atom. The summed E-state index contributed by atoms with van der Waals surface area (Å²) in [7, 11) is 0. The van der Waals surface area contributed by atoms with Gasteiger partial charge in [-0.15, -0.1) is 0 Å². The molecule has 0 radical (unpaired) electrons. The summed E-state index contributed by atoms with van der Waals surface area (Å²) < 4.78 is 1.35. The predicted molar refractivity (Wildman–Crippen MR) is 87.1 cm³/mol. The maximum absolute atomic E-state index is 11.9. The van der Waals surface area contributed by atoms with Crippen molar-refractivity contribution in [1.29, 1.82) is 0 Å². The molecule has 4 nitrogen and oxygen atoms in total. The summed E-state index contributed by atoms with van der Waals surface area (Å²) in [4.78, 5) is 11.9. The molecule has 5 heteroatoms. The average molecular weight is 306 g/mol. The molecule has 21 heavy (non-hydrogen) atoms. The summed E-state index contributed by atoms with van der Waals surface area (Å²) in [6.07, 6.45) is 2.57. The minimum Gasteiger partial charge on any atom is -0.382 e. The molecule has 112 valence electrons. The molecule has 1 aromatic heterocycles. The van der Waals surface area contributed by atoms with Crippen LogP contribution in [0.15, 0.2) is 41.3 Å². The van der Waals surface area contributed by atoms with Gasteiger partial charge in [0.2, 0.25) is 0 Å². The van der Waals surface area contributed by atoms with E-state index in [0.29, 0.717) is 18.2 Å². The van der Waals surface area contributed by atoms with Crippen LogP contribution in [-0.4, -0.2) is 16.3 Å². The largest absolute Gasteiger partial charge is 0.382 e. The molecule has 0 amide bonds. The maximum Gasteiger partial charge on any atom is 0.287 e. The van der Waals surface area contributed by atoms with Crippen molar-refractivity contribution < 1.29 is 0 Å². The Labute approximate surface area is 129 Å². The second kappa shape index (κ2) is 7.27. The molecule has 0 spiro atoms. The zero-order chi connectivity index (χ0) is 15.2. The number of aryl methyl sites for hydroxylation is 1. The van der Waals surface area contributed by atoms with Gasteiger partial charge >= 0.3 is 0 Å². The molecule has 2 rings (SSSR count). The molecule has 0 fully saturated rings. The van der Waals surface area contributed by atoms with E-state index in [1.54, 1.807) is 6.20 Å². The van der Waals surface area contributed by atoms with Gasteiger partial charge < -0.3 is 5.32 Å². The Balaban J connectivity index is 1.95. The van der Waals surface area contributed by atoms with Crippen molar-refractivity contribution in [3.63, 3.8) is 0 Å². The van der Waals surface area contributed by atoms with E-state index < -0.39 is 0 Å². The quantitative estimate of drug-likeness (QED) is 0.888. The smallest absolute Gasteiger partial charge is 0.287 e. The molecule has 1 aromatic carbocycles. The van der Waals surface area contributed by atoms with E-state index >= 15 is 0 Å². The highest BCUT2D eigenvalue weighted by molar-refractivity contribution is 6.32. The summed E-state index contributed by atoms with van der Waals surface area (Å²) >= 11 is 6.07. The number of benzene rings is 1. The minimum atomic E-state index is -0.250. The van der Waals surface area contributed by atoms with E-state index in [1.165, 1.54) is 10.2 Å².